The van der Waals surface area contributed by atoms with Crippen LogP contribution in [-0.2, 0) is 28.6 Å². The van der Waals surface area contributed by atoms with Crippen LogP contribution in [0.5, 0.6) is 0 Å². The zero-order chi connectivity index (χ0) is 47.2. The fourth-order valence-electron chi connectivity index (χ4n) is 5.87. The first-order valence-electron chi connectivity index (χ1n) is 25.0. The van der Waals surface area contributed by atoms with Crippen LogP contribution in [0.15, 0.2) is 158 Å². The summed E-state index contributed by atoms with van der Waals surface area (Å²) in [6.07, 6.45) is 75.5. The third-order valence-corrected chi connectivity index (χ3v) is 9.52. The Morgan fingerprint density at radius 3 is 1.11 bits per heavy atom. The smallest absolute Gasteiger partial charge is 0.310 e. The Morgan fingerprint density at radius 1 is 0.338 bits per heavy atom. The number of unbranched alkanes of at least 4 members (excludes halogenated alkanes) is 6. The van der Waals surface area contributed by atoms with Crippen molar-refractivity contribution in [3.05, 3.63) is 158 Å². The van der Waals surface area contributed by atoms with E-state index in [0.717, 1.165) is 116 Å². The van der Waals surface area contributed by atoms with Crippen molar-refractivity contribution in [3.8, 4) is 0 Å². The molecule has 0 radical (unpaired) electrons. The predicted octanol–water partition coefficient (Wildman–Crippen LogP) is 16.6. The third-order valence-electron chi connectivity index (χ3n) is 9.52. The van der Waals surface area contributed by atoms with Crippen LogP contribution < -0.4 is 0 Å². The second-order valence-electron chi connectivity index (χ2n) is 15.6. The quantitative estimate of drug-likeness (QED) is 0.0263. The summed E-state index contributed by atoms with van der Waals surface area (Å²) in [5.74, 6) is -1.20. The van der Waals surface area contributed by atoms with E-state index in [-0.39, 0.29) is 32.0 Å². The second-order valence-corrected chi connectivity index (χ2v) is 15.6. The van der Waals surface area contributed by atoms with Crippen molar-refractivity contribution in [1.82, 2.24) is 0 Å². The minimum Gasteiger partial charge on any atom is -0.462 e. The van der Waals surface area contributed by atoms with Crippen LogP contribution in [0.4, 0.5) is 0 Å². The Hall–Kier alpha value is -4.97. The van der Waals surface area contributed by atoms with Crippen molar-refractivity contribution in [2.24, 2.45) is 0 Å². The fourth-order valence-corrected chi connectivity index (χ4v) is 5.87. The lowest BCUT2D eigenvalue weighted by atomic mass is 10.1. The molecule has 0 heterocycles. The molecular formula is C59H88O6. The summed E-state index contributed by atoms with van der Waals surface area (Å²) in [6.45, 7) is 6.14. The van der Waals surface area contributed by atoms with Gasteiger partial charge in [-0.2, -0.15) is 0 Å². The van der Waals surface area contributed by atoms with E-state index in [4.69, 9.17) is 14.2 Å². The lowest BCUT2D eigenvalue weighted by Crippen LogP contribution is -2.30. The first kappa shape index (κ1) is 60.0. The topological polar surface area (TPSA) is 78.9 Å². The Bertz CT molecular complexity index is 1540. The van der Waals surface area contributed by atoms with Gasteiger partial charge in [0.15, 0.2) is 6.10 Å². The normalized spacial score (nSPS) is 13.5. The number of ether oxygens (including phenoxy) is 3. The summed E-state index contributed by atoms with van der Waals surface area (Å²) in [6, 6.07) is 0. The summed E-state index contributed by atoms with van der Waals surface area (Å²) in [5.41, 5.74) is 0. The zero-order valence-corrected chi connectivity index (χ0v) is 40.9. The summed E-state index contributed by atoms with van der Waals surface area (Å²) < 4.78 is 16.6. The van der Waals surface area contributed by atoms with Gasteiger partial charge in [0.1, 0.15) is 13.2 Å². The van der Waals surface area contributed by atoms with Crippen molar-refractivity contribution in [1.29, 1.82) is 0 Å². The highest BCUT2D eigenvalue weighted by molar-refractivity contribution is 5.72. The van der Waals surface area contributed by atoms with Gasteiger partial charge in [0.2, 0.25) is 0 Å². The molecule has 0 aromatic heterocycles. The van der Waals surface area contributed by atoms with Crippen LogP contribution in [-0.4, -0.2) is 37.2 Å². The maximum Gasteiger partial charge on any atom is 0.310 e. The van der Waals surface area contributed by atoms with Crippen LogP contribution in [0, 0.1) is 0 Å². The number of esters is 3. The summed E-state index contributed by atoms with van der Waals surface area (Å²) >= 11 is 0. The van der Waals surface area contributed by atoms with Crippen LogP contribution in [0.25, 0.3) is 0 Å². The number of carbonyl (C=O) groups is 3. The van der Waals surface area contributed by atoms with Crippen molar-refractivity contribution in [3.63, 3.8) is 0 Å². The average molecular weight is 893 g/mol. The number of allylic oxidation sites excluding steroid dienone is 25. The molecule has 360 valence electrons. The maximum absolute atomic E-state index is 12.7. The third kappa shape index (κ3) is 49.9. The Balaban J connectivity index is 4.68. The van der Waals surface area contributed by atoms with Crippen molar-refractivity contribution >= 4 is 17.9 Å². The maximum atomic E-state index is 12.7. The standard InChI is InChI=1S/C59H88O6/c1-4-7-10-13-16-19-22-25-27-28-29-30-32-34-37-40-43-46-49-52-58(61)64-55-56(54-63-57(60)51-48-45-42-39-36-33-24-21-18-15-12-9-6-3)65-59(62)53-50-47-44-41-38-35-31-26-23-20-17-14-11-8-5-2/h7-8,10-12,15-17,19-21,24-27,29-31,34,37-38,41,43,46-47,50,56H,4-6,9,13-14,18,22-23,28,32-33,35-36,39-40,42,44-45,48-49,51-55H2,1-3H3/b10-7-,11-8-,15-12-,19-16-,20-17-,24-21-,27-25-,30-29-,31-26-,37-34-,41-38-,46-43-,50-47-. The SMILES string of the molecule is CC/C=C\C/C=C\C/C=C\C/C=C\C/C=C\C/C=C\CCC(=O)OCC(COC(=O)CCCCCCC/C=C\C/C=C\CCC)OC(=O)C/C=C\C/C=C\C/C=C\C/C=C\C/C=C\CC. The molecule has 0 amide bonds. The fraction of sp³-hybridized carbons (Fsp3) is 0.508. The molecule has 6 nitrogen and oxygen atoms in total. The predicted molar refractivity (Wildman–Crippen MR) is 278 cm³/mol. The Morgan fingerprint density at radius 2 is 0.677 bits per heavy atom. The van der Waals surface area contributed by atoms with Gasteiger partial charge in [-0.15, -0.1) is 0 Å². The molecule has 0 fully saturated rings. The minimum atomic E-state index is -0.876. The van der Waals surface area contributed by atoms with Crippen LogP contribution in [0.2, 0.25) is 0 Å². The van der Waals surface area contributed by atoms with Crippen LogP contribution >= 0.6 is 0 Å². The highest BCUT2D eigenvalue weighted by Gasteiger charge is 2.19. The lowest BCUT2D eigenvalue weighted by Gasteiger charge is -2.18. The first-order chi connectivity index (χ1) is 32.0. The van der Waals surface area contributed by atoms with Gasteiger partial charge in [0.25, 0.3) is 0 Å². The van der Waals surface area contributed by atoms with Gasteiger partial charge in [-0.1, -0.05) is 204 Å². The molecule has 6 heteroatoms. The molecule has 65 heavy (non-hydrogen) atoms. The molecule has 0 saturated carbocycles. The van der Waals surface area contributed by atoms with Gasteiger partial charge in [-0.25, -0.2) is 0 Å². The molecular weight excluding hydrogens is 805 g/mol. The van der Waals surface area contributed by atoms with Gasteiger partial charge in [-0.05, 0) is 109 Å². The zero-order valence-electron chi connectivity index (χ0n) is 40.9. The minimum absolute atomic E-state index is 0.0698. The summed E-state index contributed by atoms with van der Waals surface area (Å²) in [7, 11) is 0. The van der Waals surface area contributed by atoms with E-state index < -0.39 is 18.0 Å². The number of hydrogen-bond acceptors (Lipinski definition) is 6. The molecule has 0 saturated heterocycles. The highest BCUT2D eigenvalue weighted by atomic mass is 16.6. The molecule has 0 rings (SSSR count). The Kier molecular flexibility index (Phi) is 47.7. The van der Waals surface area contributed by atoms with Gasteiger partial charge >= 0.3 is 17.9 Å². The van der Waals surface area contributed by atoms with E-state index in [1.54, 1.807) is 6.08 Å². The van der Waals surface area contributed by atoms with E-state index in [2.05, 4.69) is 154 Å². The molecule has 0 N–H and O–H groups in total. The molecule has 0 aliphatic carbocycles. The van der Waals surface area contributed by atoms with Crippen molar-refractivity contribution < 1.29 is 28.6 Å². The number of carbonyl (C=O) groups excluding carboxylic acids is 3. The molecule has 0 aliphatic rings. The summed E-state index contributed by atoms with van der Waals surface area (Å²) in [4.78, 5) is 37.9. The molecule has 0 aliphatic heterocycles. The van der Waals surface area contributed by atoms with Crippen molar-refractivity contribution in [2.45, 2.75) is 181 Å². The van der Waals surface area contributed by atoms with E-state index in [0.29, 0.717) is 19.3 Å². The number of rotatable bonds is 42. The van der Waals surface area contributed by atoms with Gasteiger partial charge in [0.05, 0.1) is 6.42 Å². The molecule has 0 spiro atoms. The van der Waals surface area contributed by atoms with E-state index in [9.17, 15) is 14.4 Å². The van der Waals surface area contributed by atoms with Gasteiger partial charge in [-0.3, -0.25) is 14.4 Å². The first-order valence-corrected chi connectivity index (χ1v) is 25.0. The molecule has 0 aromatic rings. The molecule has 0 bridgehead atoms. The van der Waals surface area contributed by atoms with Crippen LogP contribution in [0.3, 0.4) is 0 Å². The second kappa shape index (κ2) is 51.7. The van der Waals surface area contributed by atoms with Crippen molar-refractivity contribution in [2.75, 3.05) is 13.2 Å². The lowest BCUT2D eigenvalue weighted by molar-refractivity contribution is -0.166. The van der Waals surface area contributed by atoms with Crippen LogP contribution in [0.1, 0.15) is 175 Å². The Labute approximate surface area is 397 Å². The number of hydrogen-bond donors (Lipinski definition) is 0. The monoisotopic (exact) mass is 893 g/mol. The summed E-state index contributed by atoms with van der Waals surface area (Å²) in [5, 5.41) is 0. The molecule has 0 aromatic carbocycles. The molecule has 1 unspecified atom stereocenters. The van der Waals surface area contributed by atoms with Gasteiger partial charge in [0, 0.05) is 12.8 Å². The largest absolute Gasteiger partial charge is 0.462 e. The van der Waals surface area contributed by atoms with Gasteiger partial charge < -0.3 is 14.2 Å². The van der Waals surface area contributed by atoms with E-state index in [1.807, 2.05) is 18.2 Å². The van der Waals surface area contributed by atoms with E-state index in [1.165, 1.54) is 6.42 Å². The average Bonchev–Trinajstić information content (AvgIpc) is 3.30. The highest BCUT2D eigenvalue weighted by Crippen LogP contribution is 2.10. The molecule has 1 atom stereocenters. The van der Waals surface area contributed by atoms with E-state index >= 15 is 0 Å².